The predicted octanol–water partition coefficient (Wildman–Crippen LogP) is 14.3. The van der Waals surface area contributed by atoms with Crippen molar-refractivity contribution in [3.8, 4) is 44.8 Å². The van der Waals surface area contributed by atoms with Crippen molar-refractivity contribution in [1.29, 1.82) is 0 Å². The highest BCUT2D eigenvalue weighted by atomic mass is 16.3. The lowest BCUT2D eigenvalue weighted by Crippen LogP contribution is -2.19. The van der Waals surface area contributed by atoms with Crippen LogP contribution in [0.3, 0.4) is 0 Å². The molecule has 264 valence electrons. The molecule has 1 aliphatic rings. The number of furan rings is 1. The van der Waals surface area contributed by atoms with E-state index in [1.54, 1.807) is 0 Å². The van der Waals surface area contributed by atoms with E-state index in [1.807, 2.05) is 12.1 Å². The Morgan fingerprint density at radius 2 is 0.946 bits per heavy atom. The Bertz CT molecular complexity index is 3370. The van der Waals surface area contributed by atoms with E-state index >= 15 is 0 Å². The van der Waals surface area contributed by atoms with E-state index in [2.05, 4.69) is 193 Å². The van der Waals surface area contributed by atoms with Crippen molar-refractivity contribution >= 4 is 54.6 Å². The lowest BCUT2D eigenvalue weighted by atomic mass is 9.85. The molecule has 3 heteroatoms. The van der Waals surface area contributed by atoms with Crippen LogP contribution < -0.4 is 0 Å². The minimum absolute atomic E-state index is 0.185. The molecule has 0 radical (unpaired) electrons. The van der Waals surface area contributed by atoms with Crippen LogP contribution in [0, 0.1) is 0 Å². The molecule has 0 atom stereocenters. The first-order chi connectivity index (χ1) is 27.5. The van der Waals surface area contributed by atoms with E-state index in [0.717, 1.165) is 21.9 Å². The molecule has 8 aromatic carbocycles. The fourth-order valence-electron chi connectivity index (χ4n) is 9.69. The summed E-state index contributed by atoms with van der Waals surface area (Å²) in [6.07, 6.45) is 0. The van der Waals surface area contributed by atoms with Crippen LogP contribution in [0.5, 0.6) is 0 Å². The Morgan fingerprint density at radius 3 is 1.77 bits per heavy atom. The number of hydrogen-bond acceptors (Lipinski definition) is 1. The van der Waals surface area contributed by atoms with Gasteiger partial charge in [-0.1, -0.05) is 123 Å². The van der Waals surface area contributed by atoms with Gasteiger partial charge in [-0.3, -0.25) is 0 Å². The Labute approximate surface area is 324 Å². The van der Waals surface area contributed by atoms with E-state index in [1.165, 1.54) is 88.7 Å². The number of fused-ring (bicyclic) bond motifs is 11. The molecular formula is C53H36N2O. The third kappa shape index (κ3) is 4.34. The molecule has 0 N–H and O–H groups in total. The van der Waals surface area contributed by atoms with E-state index in [4.69, 9.17) is 4.42 Å². The molecule has 0 aliphatic heterocycles. The lowest BCUT2D eigenvalue weighted by Gasteiger charge is -2.24. The standard InChI is InChI=1S/C53H36N2O/c1-53(2)45-17-9-6-16-41(45)51-44-32-36(35-22-27-47-42(30-35)39-14-7-10-18-46(39)54(47)37-12-4-3-5-13-37)23-28-48(44)55(52(51)53)38-25-20-33(21-26-38)34-24-29-50-43(31-34)40-15-8-11-19-49(40)56-50/h3-32H,1-2H3. The topological polar surface area (TPSA) is 23.0 Å². The summed E-state index contributed by atoms with van der Waals surface area (Å²) in [5, 5.41) is 6.10. The molecule has 11 aromatic rings. The number of hydrogen-bond donors (Lipinski definition) is 0. The van der Waals surface area contributed by atoms with E-state index < -0.39 is 0 Å². The SMILES string of the molecule is CC1(C)c2ccccc2-c2c1n(-c1ccc(-c3ccc4oc5ccccc5c4c3)cc1)c1ccc(-c3ccc4c(c3)c3ccccc3n4-c3ccccc3)cc21. The summed E-state index contributed by atoms with van der Waals surface area (Å²) in [4.78, 5) is 0. The monoisotopic (exact) mass is 716 g/mol. The summed E-state index contributed by atoms with van der Waals surface area (Å²) in [7, 11) is 0. The molecule has 0 amide bonds. The normalized spacial score (nSPS) is 13.3. The van der Waals surface area contributed by atoms with Crippen LogP contribution in [0.25, 0.3) is 99.4 Å². The molecule has 0 spiro atoms. The van der Waals surface area contributed by atoms with Gasteiger partial charge >= 0.3 is 0 Å². The number of rotatable bonds is 4. The van der Waals surface area contributed by atoms with Gasteiger partial charge in [-0.25, -0.2) is 0 Å². The van der Waals surface area contributed by atoms with Crippen molar-refractivity contribution in [3.63, 3.8) is 0 Å². The fourth-order valence-corrected chi connectivity index (χ4v) is 9.69. The molecular weight excluding hydrogens is 681 g/mol. The Kier molecular flexibility index (Phi) is 6.40. The van der Waals surface area contributed by atoms with Crippen LogP contribution in [0.2, 0.25) is 0 Å². The number of para-hydroxylation sites is 3. The smallest absolute Gasteiger partial charge is 0.135 e. The van der Waals surface area contributed by atoms with Crippen LogP contribution in [0.15, 0.2) is 186 Å². The lowest BCUT2D eigenvalue weighted by molar-refractivity contribution is 0.624. The second-order valence-corrected chi connectivity index (χ2v) is 15.7. The minimum atomic E-state index is -0.185. The summed E-state index contributed by atoms with van der Waals surface area (Å²) in [6.45, 7) is 4.76. The molecule has 0 bridgehead atoms. The average molecular weight is 717 g/mol. The van der Waals surface area contributed by atoms with Crippen molar-refractivity contribution in [2.75, 3.05) is 0 Å². The number of benzene rings is 8. The molecule has 56 heavy (non-hydrogen) atoms. The van der Waals surface area contributed by atoms with E-state index in [0.29, 0.717) is 0 Å². The predicted molar refractivity (Wildman–Crippen MR) is 233 cm³/mol. The molecule has 1 aliphatic carbocycles. The summed E-state index contributed by atoms with van der Waals surface area (Å²) in [6, 6.07) is 66.4. The van der Waals surface area contributed by atoms with Gasteiger partial charge in [-0.05, 0) is 106 Å². The van der Waals surface area contributed by atoms with Gasteiger partial charge in [0, 0.05) is 55.0 Å². The zero-order chi connectivity index (χ0) is 37.1. The Hall–Kier alpha value is -7.10. The molecule has 3 nitrogen and oxygen atoms in total. The fraction of sp³-hybridized carbons (Fsp3) is 0.0566. The second kappa shape index (κ2) is 11.5. The third-order valence-corrected chi connectivity index (χ3v) is 12.3. The molecule has 0 unspecified atom stereocenters. The van der Waals surface area contributed by atoms with Crippen LogP contribution in [0.4, 0.5) is 0 Å². The second-order valence-electron chi connectivity index (χ2n) is 15.7. The largest absolute Gasteiger partial charge is 0.456 e. The highest BCUT2D eigenvalue weighted by molar-refractivity contribution is 6.11. The summed E-state index contributed by atoms with van der Waals surface area (Å²) >= 11 is 0. The summed E-state index contributed by atoms with van der Waals surface area (Å²) in [5.74, 6) is 0. The van der Waals surface area contributed by atoms with Crippen molar-refractivity contribution in [2.24, 2.45) is 0 Å². The van der Waals surface area contributed by atoms with Crippen LogP contribution in [0.1, 0.15) is 25.1 Å². The molecule has 12 rings (SSSR count). The number of nitrogens with zero attached hydrogens (tertiary/aromatic N) is 2. The highest BCUT2D eigenvalue weighted by Gasteiger charge is 2.40. The quantitative estimate of drug-likeness (QED) is 0.178. The maximum atomic E-state index is 6.13. The van der Waals surface area contributed by atoms with Crippen molar-refractivity contribution in [1.82, 2.24) is 9.13 Å². The van der Waals surface area contributed by atoms with Crippen molar-refractivity contribution < 1.29 is 4.42 Å². The highest BCUT2D eigenvalue weighted by Crippen LogP contribution is 2.54. The van der Waals surface area contributed by atoms with Gasteiger partial charge in [-0.2, -0.15) is 0 Å². The molecule has 3 aromatic heterocycles. The van der Waals surface area contributed by atoms with E-state index in [-0.39, 0.29) is 5.41 Å². The van der Waals surface area contributed by atoms with Crippen LogP contribution in [-0.4, -0.2) is 9.13 Å². The van der Waals surface area contributed by atoms with Crippen LogP contribution in [-0.2, 0) is 5.41 Å². The first kappa shape index (κ1) is 31.3. The van der Waals surface area contributed by atoms with Crippen molar-refractivity contribution in [2.45, 2.75) is 19.3 Å². The van der Waals surface area contributed by atoms with Gasteiger partial charge in [0.05, 0.1) is 16.6 Å². The first-order valence-electron chi connectivity index (χ1n) is 19.4. The summed E-state index contributed by atoms with van der Waals surface area (Å²) < 4.78 is 11.0. The van der Waals surface area contributed by atoms with Gasteiger partial charge in [-0.15, -0.1) is 0 Å². The Morgan fingerprint density at radius 1 is 0.393 bits per heavy atom. The molecule has 0 saturated carbocycles. The molecule has 3 heterocycles. The zero-order valence-corrected chi connectivity index (χ0v) is 31.1. The third-order valence-electron chi connectivity index (χ3n) is 12.3. The van der Waals surface area contributed by atoms with E-state index in [9.17, 15) is 0 Å². The van der Waals surface area contributed by atoms with Gasteiger partial charge in [0.1, 0.15) is 11.2 Å². The van der Waals surface area contributed by atoms with Crippen molar-refractivity contribution in [3.05, 3.63) is 193 Å². The molecule has 0 saturated heterocycles. The number of aromatic nitrogens is 2. The maximum Gasteiger partial charge on any atom is 0.135 e. The van der Waals surface area contributed by atoms with Gasteiger partial charge in [0.15, 0.2) is 0 Å². The van der Waals surface area contributed by atoms with Gasteiger partial charge < -0.3 is 13.6 Å². The van der Waals surface area contributed by atoms with Gasteiger partial charge in [0.2, 0.25) is 0 Å². The summed E-state index contributed by atoms with van der Waals surface area (Å²) in [5.41, 5.74) is 17.8. The average Bonchev–Trinajstić information content (AvgIpc) is 3.96. The van der Waals surface area contributed by atoms with Crippen LogP contribution >= 0.6 is 0 Å². The van der Waals surface area contributed by atoms with Gasteiger partial charge in [0.25, 0.3) is 0 Å². The molecule has 0 fully saturated rings. The maximum absolute atomic E-state index is 6.13. The zero-order valence-electron chi connectivity index (χ0n) is 31.1. The first-order valence-corrected chi connectivity index (χ1v) is 19.4. The Balaban J connectivity index is 1.02. The minimum Gasteiger partial charge on any atom is -0.456 e.